The van der Waals surface area contributed by atoms with Gasteiger partial charge in [0.05, 0.1) is 10.9 Å². The van der Waals surface area contributed by atoms with Gasteiger partial charge in [0.1, 0.15) is 29.3 Å². The summed E-state index contributed by atoms with van der Waals surface area (Å²) in [5.74, 6) is -2.77. The summed E-state index contributed by atoms with van der Waals surface area (Å²) < 4.78 is 31.6. The first-order valence-corrected chi connectivity index (χ1v) is 8.13. The van der Waals surface area contributed by atoms with E-state index in [0.717, 1.165) is 18.3 Å². The number of carboxylic acid groups (broad SMARTS) is 1. The van der Waals surface area contributed by atoms with Crippen LogP contribution < -0.4 is 5.43 Å². The highest BCUT2D eigenvalue weighted by atomic mass is 19.1. The van der Waals surface area contributed by atoms with Gasteiger partial charge in [-0.1, -0.05) is 0 Å². The van der Waals surface area contributed by atoms with Crippen molar-refractivity contribution in [2.24, 2.45) is 0 Å². The van der Waals surface area contributed by atoms with Gasteiger partial charge in [-0.15, -0.1) is 0 Å². The van der Waals surface area contributed by atoms with Gasteiger partial charge in [-0.3, -0.25) is 9.36 Å². The Labute approximate surface area is 156 Å². The lowest BCUT2D eigenvalue weighted by molar-refractivity contribution is 0.0695. The molecule has 1 N–H and O–H groups in total. The van der Waals surface area contributed by atoms with Crippen LogP contribution in [-0.4, -0.2) is 30.2 Å². The minimum absolute atomic E-state index is 0.00164. The Morgan fingerprint density at radius 2 is 1.93 bits per heavy atom. The minimum Gasteiger partial charge on any atom is -0.477 e. The fourth-order valence-electron chi connectivity index (χ4n) is 3.02. The number of carboxylic acids is 1. The lowest BCUT2D eigenvalue weighted by Gasteiger charge is -2.14. The molecule has 0 fully saturated rings. The molecule has 3 aromatic heterocycles. The largest absolute Gasteiger partial charge is 0.477 e. The summed E-state index contributed by atoms with van der Waals surface area (Å²) in [5.41, 5.74) is -1.36. The third-order valence-electron chi connectivity index (χ3n) is 4.28. The number of rotatable bonds is 4. The Morgan fingerprint density at radius 3 is 2.64 bits per heavy atom. The van der Waals surface area contributed by atoms with Gasteiger partial charge < -0.3 is 9.67 Å². The average Bonchev–Trinajstić information content (AvgIpc) is 3.21. The lowest BCUT2D eigenvalue weighted by atomic mass is 10.1. The monoisotopic (exact) mass is 382 g/mol. The third-order valence-corrected chi connectivity index (χ3v) is 4.28. The van der Waals surface area contributed by atoms with Crippen molar-refractivity contribution in [3.8, 4) is 5.82 Å². The molecular formula is C19H12F2N4O3. The van der Waals surface area contributed by atoms with Crippen LogP contribution in [-0.2, 0) is 6.54 Å². The second-order valence-corrected chi connectivity index (χ2v) is 6.05. The van der Waals surface area contributed by atoms with Crippen molar-refractivity contribution in [1.82, 2.24) is 19.1 Å². The molecule has 0 radical (unpaired) electrons. The molecule has 1 aromatic carbocycles. The van der Waals surface area contributed by atoms with Crippen LogP contribution in [0.4, 0.5) is 8.78 Å². The number of hydrogen-bond donors (Lipinski definition) is 1. The van der Waals surface area contributed by atoms with E-state index in [4.69, 9.17) is 0 Å². The zero-order chi connectivity index (χ0) is 19.8. The molecular weight excluding hydrogens is 370 g/mol. The van der Waals surface area contributed by atoms with E-state index >= 15 is 0 Å². The van der Waals surface area contributed by atoms with E-state index in [1.807, 2.05) is 0 Å². The number of aromatic carboxylic acids is 1. The molecule has 0 spiro atoms. The third kappa shape index (κ3) is 2.92. The van der Waals surface area contributed by atoms with Crippen molar-refractivity contribution in [2.45, 2.75) is 6.54 Å². The van der Waals surface area contributed by atoms with Crippen LogP contribution in [0.15, 0.2) is 60.2 Å². The summed E-state index contributed by atoms with van der Waals surface area (Å²) in [6, 6.07) is 5.06. The number of benzene rings is 1. The topological polar surface area (TPSA) is 90.0 Å². The van der Waals surface area contributed by atoms with E-state index in [0.29, 0.717) is 11.4 Å². The normalized spacial score (nSPS) is 11.1. The van der Waals surface area contributed by atoms with E-state index in [9.17, 15) is 23.5 Å². The zero-order valence-electron chi connectivity index (χ0n) is 14.2. The van der Waals surface area contributed by atoms with Gasteiger partial charge in [0.25, 0.3) is 0 Å². The van der Waals surface area contributed by atoms with E-state index in [2.05, 4.69) is 9.97 Å². The summed E-state index contributed by atoms with van der Waals surface area (Å²) in [6.45, 7) is 0.00164. The Bertz CT molecular complexity index is 1270. The van der Waals surface area contributed by atoms with E-state index in [1.165, 1.54) is 10.8 Å². The smallest absolute Gasteiger partial charge is 0.341 e. The molecule has 0 saturated carbocycles. The molecule has 28 heavy (non-hydrogen) atoms. The van der Waals surface area contributed by atoms with Crippen LogP contribution in [0.1, 0.15) is 15.9 Å². The number of imidazole rings is 1. The van der Waals surface area contributed by atoms with Crippen LogP contribution in [0.2, 0.25) is 0 Å². The van der Waals surface area contributed by atoms with Crippen molar-refractivity contribution in [3.05, 3.63) is 88.4 Å². The van der Waals surface area contributed by atoms with Gasteiger partial charge in [-0.05, 0) is 29.8 Å². The Morgan fingerprint density at radius 1 is 1.14 bits per heavy atom. The minimum atomic E-state index is -1.52. The number of carbonyl (C=O) groups is 1. The summed E-state index contributed by atoms with van der Waals surface area (Å²) in [4.78, 5) is 31.9. The number of nitrogens with zero attached hydrogens (tertiary/aromatic N) is 4. The van der Waals surface area contributed by atoms with Gasteiger partial charge in [0.2, 0.25) is 5.43 Å². The Hall–Kier alpha value is -3.88. The number of hydrogen-bond acceptors (Lipinski definition) is 4. The summed E-state index contributed by atoms with van der Waals surface area (Å²) in [5, 5.41) is 8.70. The Balaban J connectivity index is 1.91. The molecule has 0 saturated heterocycles. The molecule has 0 aliphatic carbocycles. The molecule has 9 heteroatoms. The van der Waals surface area contributed by atoms with Crippen molar-refractivity contribution in [2.75, 3.05) is 0 Å². The quantitative estimate of drug-likeness (QED) is 0.586. The van der Waals surface area contributed by atoms with Crippen LogP contribution in [0.3, 0.4) is 0 Å². The highest BCUT2D eigenvalue weighted by Gasteiger charge is 2.20. The predicted molar refractivity (Wildman–Crippen MR) is 95.5 cm³/mol. The van der Waals surface area contributed by atoms with Crippen molar-refractivity contribution >= 4 is 16.9 Å². The SMILES string of the molecule is O=C(O)c1cn(Cc2ccnc(-n3ccnc3)c2)c2c(F)ccc(F)c2c1=O. The fourth-order valence-corrected chi connectivity index (χ4v) is 3.02. The molecule has 0 amide bonds. The number of aromatic nitrogens is 4. The maximum Gasteiger partial charge on any atom is 0.341 e. The van der Waals surface area contributed by atoms with Crippen LogP contribution in [0, 0.1) is 11.6 Å². The van der Waals surface area contributed by atoms with Gasteiger partial charge >= 0.3 is 5.97 Å². The van der Waals surface area contributed by atoms with Crippen molar-refractivity contribution in [1.29, 1.82) is 0 Å². The van der Waals surface area contributed by atoms with Gasteiger partial charge in [-0.2, -0.15) is 0 Å². The summed E-state index contributed by atoms with van der Waals surface area (Å²) in [7, 11) is 0. The molecule has 4 rings (SSSR count). The molecule has 0 unspecified atom stereocenters. The standard InChI is InChI=1S/C19H12F2N4O3/c20-13-1-2-14(21)17-16(13)18(26)12(19(27)28)9-25(17)8-11-3-4-23-15(7-11)24-6-5-22-10-24/h1-7,9-10H,8H2,(H,27,28). The molecule has 0 atom stereocenters. The van der Waals surface area contributed by atoms with E-state index in [1.54, 1.807) is 35.4 Å². The first kappa shape index (κ1) is 17.5. The van der Waals surface area contributed by atoms with Gasteiger partial charge in [0.15, 0.2) is 0 Å². The van der Waals surface area contributed by atoms with Crippen LogP contribution in [0.25, 0.3) is 16.7 Å². The van der Waals surface area contributed by atoms with Crippen LogP contribution in [0.5, 0.6) is 0 Å². The summed E-state index contributed by atoms with van der Waals surface area (Å²) in [6.07, 6.45) is 7.38. The molecule has 3 heterocycles. The predicted octanol–water partition coefficient (Wildman–Crippen LogP) is 2.61. The maximum atomic E-state index is 14.4. The van der Waals surface area contributed by atoms with E-state index in [-0.39, 0.29) is 12.1 Å². The van der Waals surface area contributed by atoms with Gasteiger partial charge in [0, 0.05) is 31.3 Å². The second kappa shape index (κ2) is 6.69. The maximum absolute atomic E-state index is 14.4. The molecule has 0 bridgehead atoms. The fraction of sp³-hybridized carbons (Fsp3) is 0.0526. The molecule has 140 valence electrons. The number of fused-ring (bicyclic) bond motifs is 1. The first-order chi connectivity index (χ1) is 13.5. The highest BCUT2D eigenvalue weighted by molar-refractivity contribution is 5.92. The highest BCUT2D eigenvalue weighted by Crippen LogP contribution is 2.21. The number of halogens is 2. The first-order valence-electron chi connectivity index (χ1n) is 8.13. The zero-order valence-corrected chi connectivity index (χ0v) is 14.2. The van der Waals surface area contributed by atoms with E-state index < -0.39 is 34.0 Å². The number of pyridine rings is 2. The van der Waals surface area contributed by atoms with Gasteiger partial charge in [-0.25, -0.2) is 23.5 Å². The molecule has 4 aromatic rings. The molecule has 7 nitrogen and oxygen atoms in total. The molecule has 0 aliphatic heterocycles. The summed E-state index contributed by atoms with van der Waals surface area (Å²) >= 11 is 0. The molecule has 0 aliphatic rings. The second-order valence-electron chi connectivity index (χ2n) is 6.05. The van der Waals surface area contributed by atoms with Crippen molar-refractivity contribution < 1.29 is 18.7 Å². The Kier molecular flexibility index (Phi) is 4.19. The van der Waals surface area contributed by atoms with Crippen LogP contribution >= 0.6 is 0 Å². The van der Waals surface area contributed by atoms with Crippen molar-refractivity contribution in [3.63, 3.8) is 0 Å². The average molecular weight is 382 g/mol. The lowest BCUT2D eigenvalue weighted by Crippen LogP contribution is -2.21.